The van der Waals surface area contributed by atoms with Crippen molar-refractivity contribution in [3.63, 3.8) is 0 Å². The number of rotatable bonds is 6. The first-order valence-corrected chi connectivity index (χ1v) is 8.25. The molecule has 1 aromatic heterocycles. The van der Waals surface area contributed by atoms with Gasteiger partial charge in [0.15, 0.2) is 0 Å². The second kappa shape index (κ2) is 8.11. The summed E-state index contributed by atoms with van der Waals surface area (Å²) in [6, 6.07) is 20.5. The monoisotopic (exact) mass is 332 g/mol. The van der Waals surface area contributed by atoms with Crippen molar-refractivity contribution in [2.75, 3.05) is 0 Å². The average molecular weight is 332 g/mol. The molecule has 126 valence electrons. The Morgan fingerprint density at radius 2 is 1.56 bits per heavy atom. The van der Waals surface area contributed by atoms with Crippen LogP contribution in [0, 0.1) is 0 Å². The third kappa shape index (κ3) is 4.44. The molecule has 0 aliphatic carbocycles. The molecule has 2 aromatic carbocycles. The number of phenols is 1. The summed E-state index contributed by atoms with van der Waals surface area (Å²) >= 11 is 0. The first kappa shape index (κ1) is 16.7. The number of amides is 1. The highest BCUT2D eigenvalue weighted by molar-refractivity contribution is 5.77. The lowest BCUT2D eigenvalue weighted by Crippen LogP contribution is -2.29. The molecule has 1 heterocycles. The van der Waals surface area contributed by atoms with E-state index in [1.165, 1.54) is 0 Å². The van der Waals surface area contributed by atoms with Gasteiger partial charge in [0.05, 0.1) is 6.04 Å². The summed E-state index contributed by atoms with van der Waals surface area (Å²) in [6.45, 7) is 0. The molecule has 1 unspecified atom stereocenters. The molecule has 0 aliphatic heterocycles. The Bertz CT molecular complexity index is 780. The van der Waals surface area contributed by atoms with Gasteiger partial charge in [0, 0.05) is 18.8 Å². The van der Waals surface area contributed by atoms with Crippen molar-refractivity contribution < 1.29 is 9.90 Å². The van der Waals surface area contributed by atoms with Crippen LogP contribution < -0.4 is 5.32 Å². The van der Waals surface area contributed by atoms with E-state index in [0.717, 1.165) is 16.7 Å². The topological polar surface area (TPSA) is 62.2 Å². The van der Waals surface area contributed by atoms with E-state index >= 15 is 0 Å². The normalized spacial score (nSPS) is 11.7. The SMILES string of the molecule is O=C(CCc1ccccc1O)NC(c1ccccc1)c1ccncc1. The van der Waals surface area contributed by atoms with E-state index in [4.69, 9.17) is 0 Å². The van der Waals surface area contributed by atoms with Gasteiger partial charge in [-0.1, -0.05) is 48.5 Å². The molecule has 0 fully saturated rings. The van der Waals surface area contributed by atoms with Gasteiger partial charge in [-0.05, 0) is 41.3 Å². The molecule has 0 bridgehead atoms. The summed E-state index contributed by atoms with van der Waals surface area (Å²) in [4.78, 5) is 16.5. The molecule has 25 heavy (non-hydrogen) atoms. The van der Waals surface area contributed by atoms with Gasteiger partial charge < -0.3 is 10.4 Å². The molecular weight excluding hydrogens is 312 g/mol. The van der Waals surface area contributed by atoms with E-state index in [1.807, 2.05) is 54.6 Å². The molecule has 3 aromatic rings. The molecule has 2 N–H and O–H groups in total. The second-order valence-electron chi connectivity index (χ2n) is 5.82. The average Bonchev–Trinajstić information content (AvgIpc) is 2.67. The fourth-order valence-corrected chi connectivity index (χ4v) is 2.76. The number of aromatic hydroxyl groups is 1. The van der Waals surface area contributed by atoms with Crippen molar-refractivity contribution in [3.8, 4) is 5.75 Å². The van der Waals surface area contributed by atoms with Crippen LogP contribution in [-0.4, -0.2) is 16.0 Å². The van der Waals surface area contributed by atoms with Crippen LogP contribution in [0.1, 0.15) is 29.2 Å². The first-order chi connectivity index (χ1) is 12.2. The van der Waals surface area contributed by atoms with Gasteiger partial charge in [-0.15, -0.1) is 0 Å². The van der Waals surface area contributed by atoms with Crippen LogP contribution in [0.4, 0.5) is 0 Å². The zero-order valence-corrected chi connectivity index (χ0v) is 13.8. The Labute approximate surface area is 147 Å². The number of carbonyl (C=O) groups excluding carboxylic acids is 1. The Kier molecular flexibility index (Phi) is 5.42. The molecule has 0 radical (unpaired) electrons. The van der Waals surface area contributed by atoms with E-state index in [9.17, 15) is 9.90 Å². The fourth-order valence-electron chi connectivity index (χ4n) is 2.76. The lowest BCUT2D eigenvalue weighted by Gasteiger charge is -2.20. The predicted octanol–water partition coefficient (Wildman–Crippen LogP) is 3.63. The highest BCUT2D eigenvalue weighted by Gasteiger charge is 2.16. The summed E-state index contributed by atoms with van der Waals surface area (Å²) in [5.41, 5.74) is 2.78. The first-order valence-electron chi connectivity index (χ1n) is 8.25. The molecule has 0 aliphatic rings. The second-order valence-corrected chi connectivity index (χ2v) is 5.82. The fraction of sp³-hybridized carbons (Fsp3) is 0.143. The maximum absolute atomic E-state index is 12.5. The standard InChI is InChI=1S/C21H20N2O2/c24-19-9-5-4-6-16(19)10-11-20(25)23-21(17-7-2-1-3-8-17)18-12-14-22-15-13-18/h1-9,12-15,21,24H,10-11H2,(H,23,25). The molecule has 1 amide bonds. The number of para-hydroxylation sites is 1. The van der Waals surface area contributed by atoms with Crippen LogP contribution in [-0.2, 0) is 11.2 Å². The van der Waals surface area contributed by atoms with Crippen molar-refractivity contribution in [3.05, 3.63) is 95.8 Å². The maximum Gasteiger partial charge on any atom is 0.221 e. The van der Waals surface area contributed by atoms with E-state index in [0.29, 0.717) is 12.8 Å². The minimum atomic E-state index is -0.221. The summed E-state index contributed by atoms with van der Waals surface area (Å²) < 4.78 is 0. The van der Waals surface area contributed by atoms with Crippen molar-refractivity contribution in [1.82, 2.24) is 10.3 Å². The van der Waals surface area contributed by atoms with Crippen LogP contribution in [0.5, 0.6) is 5.75 Å². The number of pyridine rings is 1. The van der Waals surface area contributed by atoms with Gasteiger partial charge >= 0.3 is 0 Å². The van der Waals surface area contributed by atoms with E-state index in [2.05, 4.69) is 10.3 Å². The maximum atomic E-state index is 12.5. The Balaban J connectivity index is 1.72. The zero-order chi connectivity index (χ0) is 17.5. The van der Waals surface area contributed by atoms with Gasteiger partial charge in [-0.25, -0.2) is 0 Å². The number of hydrogen-bond acceptors (Lipinski definition) is 3. The number of phenolic OH excluding ortho intramolecular Hbond substituents is 1. The largest absolute Gasteiger partial charge is 0.508 e. The van der Waals surface area contributed by atoms with Crippen LogP contribution in [0.2, 0.25) is 0 Å². The summed E-state index contributed by atoms with van der Waals surface area (Å²) in [6.07, 6.45) is 4.25. The summed E-state index contributed by atoms with van der Waals surface area (Å²) in [5, 5.41) is 12.9. The summed E-state index contributed by atoms with van der Waals surface area (Å²) in [5.74, 6) is 0.165. The number of hydrogen-bond donors (Lipinski definition) is 2. The lowest BCUT2D eigenvalue weighted by atomic mass is 9.99. The minimum absolute atomic E-state index is 0.0612. The molecule has 0 saturated carbocycles. The van der Waals surface area contributed by atoms with Crippen molar-refractivity contribution >= 4 is 5.91 Å². The molecule has 4 nitrogen and oxygen atoms in total. The minimum Gasteiger partial charge on any atom is -0.508 e. The molecule has 4 heteroatoms. The van der Waals surface area contributed by atoms with Crippen LogP contribution in [0.3, 0.4) is 0 Å². The third-order valence-electron chi connectivity index (χ3n) is 4.09. The van der Waals surface area contributed by atoms with E-state index in [1.54, 1.807) is 24.5 Å². The highest BCUT2D eigenvalue weighted by Crippen LogP contribution is 2.22. The number of aromatic nitrogens is 1. The Morgan fingerprint density at radius 1 is 0.920 bits per heavy atom. The van der Waals surface area contributed by atoms with Crippen molar-refractivity contribution in [1.29, 1.82) is 0 Å². The van der Waals surface area contributed by atoms with Gasteiger partial charge in [-0.2, -0.15) is 0 Å². The Hall–Kier alpha value is -3.14. The molecule has 3 rings (SSSR count). The highest BCUT2D eigenvalue weighted by atomic mass is 16.3. The lowest BCUT2D eigenvalue weighted by molar-refractivity contribution is -0.121. The van der Waals surface area contributed by atoms with Gasteiger partial charge in [0.25, 0.3) is 0 Å². The van der Waals surface area contributed by atoms with Crippen molar-refractivity contribution in [2.24, 2.45) is 0 Å². The number of nitrogens with zero attached hydrogens (tertiary/aromatic N) is 1. The van der Waals surface area contributed by atoms with Gasteiger partial charge in [0.2, 0.25) is 5.91 Å². The van der Waals surface area contributed by atoms with Gasteiger partial charge in [0.1, 0.15) is 5.75 Å². The van der Waals surface area contributed by atoms with Crippen LogP contribution in [0.15, 0.2) is 79.1 Å². The quantitative estimate of drug-likeness (QED) is 0.724. The Morgan fingerprint density at radius 3 is 2.28 bits per heavy atom. The summed E-state index contributed by atoms with van der Waals surface area (Å²) in [7, 11) is 0. The van der Waals surface area contributed by atoms with Crippen LogP contribution >= 0.6 is 0 Å². The number of benzene rings is 2. The van der Waals surface area contributed by atoms with Gasteiger partial charge in [-0.3, -0.25) is 9.78 Å². The number of carbonyl (C=O) groups is 1. The molecule has 1 atom stereocenters. The zero-order valence-electron chi connectivity index (χ0n) is 13.8. The molecule has 0 spiro atoms. The number of aryl methyl sites for hydroxylation is 1. The number of nitrogens with one attached hydrogen (secondary N) is 1. The smallest absolute Gasteiger partial charge is 0.221 e. The third-order valence-corrected chi connectivity index (χ3v) is 4.09. The molecule has 0 saturated heterocycles. The predicted molar refractivity (Wildman–Crippen MR) is 97.1 cm³/mol. The van der Waals surface area contributed by atoms with E-state index in [-0.39, 0.29) is 17.7 Å². The van der Waals surface area contributed by atoms with Crippen LogP contribution in [0.25, 0.3) is 0 Å². The van der Waals surface area contributed by atoms with E-state index < -0.39 is 0 Å². The molecular formula is C21H20N2O2. The van der Waals surface area contributed by atoms with Crippen molar-refractivity contribution in [2.45, 2.75) is 18.9 Å².